The summed E-state index contributed by atoms with van der Waals surface area (Å²) >= 11 is 0. The number of carbonyl (C=O) groups excluding carboxylic acids is 1. The molecule has 7 heteroatoms. The third-order valence-electron chi connectivity index (χ3n) is 5.09. The molecule has 0 aromatic heterocycles. The van der Waals surface area contributed by atoms with Gasteiger partial charge in [0.2, 0.25) is 0 Å². The molecule has 2 N–H and O–H groups in total. The number of halogens is 2. The summed E-state index contributed by atoms with van der Waals surface area (Å²) in [6.45, 7) is 5.06. The molecule has 5 nitrogen and oxygen atoms in total. The summed E-state index contributed by atoms with van der Waals surface area (Å²) in [5, 5.41) is 11.9. The van der Waals surface area contributed by atoms with Crippen LogP contribution in [0.25, 0.3) is 0 Å². The molecule has 3 saturated carbocycles. The third-order valence-corrected chi connectivity index (χ3v) is 5.09. The summed E-state index contributed by atoms with van der Waals surface area (Å²) in [6, 6.07) is 2.21. The number of alkyl carbamates (subject to hydrolysis) is 1. The Labute approximate surface area is 144 Å². The van der Waals surface area contributed by atoms with Crippen molar-refractivity contribution in [1.82, 2.24) is 5.32 Å². The molecule has 1 aromatic carbocycles. The quantitative estimate of drug-likeness (QED) is 0.870. The highest BCUT2D eigenvalue weighted by Gasteiger charge is 2.73. The molecule has 0 radical (unpaired) electrons. The maximum atomic E-state index is 14.0. The average molecular weight is 353 g/mol. The van der Waals surface area contributed by atoms with E-state index in [9.17, 15) is 23.5 Å². The van der Waals surface area contributed by atoms with Gasteiger partial charge in [-0.2, -0.15) is 0 Å². The highest BCUT2D eigenvalue weighted by atomic mass is 19.1. The van der Waals surface area contributed by atoms with Crippen molar-refractivity contribution in [3.05, 3.63) is 35.4 Å². The molecule has 1 amide bonds. The molecular formula is C18H21F2NO4. The fourth-order valence-electron chi connectivity index (χ4n) is 4.26. The number of hydrogen-bond acceptors (Lipinski definition) is 3. The summed E-state index contributed by atoms with van der Waals surface area (Å²) in [6.07, 6.45) is 0.392. The number of carboxylic acid groups (broad SMARTS) is 1. The van der Waals surface area contributed by atoms with E-state index >= 15 is 0 Å². The highest BCUT2D eigenvalue weighted by molar-refractivity contribution is 5.82. The third kappa shape index (κ3) is 2.96. The number of benzene rings is 1. The SMILES string of the molecule is CC(C)(C)OC(=O)NC(C(=O)O)C12CC(c3cc(F)ccc3F)(C1)C2. The molecule has 1 aromatic rings. The smallest absolute Gasteiger partial charge is 0.408 e. The van der Waals surface area contributed by atoms with Gasteiger partial charge in [-0.05, 0) is 63.8 Å². The molecule has 4 rings (SSSR count). The standard InChI is InChI=1S/C18H21F2NO4/c1-16(2,3)25-15(24)21-13(14(22)23)18-7-17(8-18,9-18)11-6-10(19)4-5-12(11)20/h4-6,13H,7-9H2,1-3H3,(H,21,24)(H,22,23). The van der Waals surface area contributed by atoms with E-state index in [1.165, 1.54) is 6.07 Å². The number of rotatable bonds is 4. The van der Waals surface area contributed by atoms with Crippen LogP contribution in [0.4, 0.5) is 13.6 Å². The first-order valence-corrected chi connectivity index (χ1v) is 8.14. The Bertz CT molecular complexity index is 721. The van der Waals surface area contributed by atoms with E-state index in [2.05, 4.69) is 5.32 Å². The first kappa shape index (κ1) is 17.6. The van der Waals surface area contributed by atoms with Crippen LogP contribution in [0, 0.1) is 17.0 Å². The largest absolute Gasteiger partial charge is 0.480 e. The molecule has 3 aliphatic rings. The summed E-state index contributed by atoms with van der Waals surface area (Å²) < 4.78 is 32.6. The Hall–Kier alpha value is -2.18. The summed E-state index contributed by atoms with van der Waals surface area (Å²) in [5.74, 6) is -2.16. The van der Waals surface area contributed by atoms with Gasteiger partial charge in [-0.25, -0.2) is 18.4 Å². The van der Waals surface area contributed by atoms with E-state index in [-0.39, 0.29) is 5.56 Å². The van der Waals surface area contributed by atoms with Gasteiger partial charge in [-0.1, -0.05) is 0 Å². The molecule has 1 atom stereocenters. The van der Waals surface area contributed by atoms with E-state index in [1.807, 2.05) is 0 Å². The first-order chi connectivity index (χ1) is 11.5. The summed E-state index contributed by atoms with van der Waals surface area (Å²) in [5.41, 5.74) is -1.62. The second kappa shape index (κ2) is 5.41. The average Bonchev–Trinajstić information content (AvgIpc) is 2.36. The van der Waals surface area contributed by atoms with E-state index in [4.69, 9.17) is 4.74 Å². The van der Waals surface area contributed by atoms with Crippen LogP contribution in [-0.2, 0) is 14.9 Å². The van der Waals surface area contributed by atoms with Gasteiger partial charge < -0.3 is 15.2 Å². The van der Waals surface area contributed by atoms with Crippen LogP contribution < -0.4 is 5.32 Å². The Morgan fingerprint density at radius 3 is 2.36 bits per heavy atom. The number of amides is 1. The monoisotopic (exact) mass is 353 g/mol. The highest BCUT2D eigenvalue weighted by Crippen LogP contribution is 2.75. The molecule has 2 bridgehead atoms. The van der Waals surface area contributed by atoms with Crippen molar-refractivity contribution in [1.29, 1.82) is 0 Å². The van der Waals surface area contributed by atoms with Gasteiger partial charge in [0.1, 0.15) is 23.3 Å². The van der Waals surface area contributed by atoms with Crippen LogP contribution in [-0.4, -0.2) is 28.8 Å². The Balaban J connectivity index is 1.72. The van der Waals surface area contributed by atoms with Crippen molar-refractivity contribution in [2.75, 3.05) is 0 Å². The molecule has 0 aliphatic heterocycles. The fraction of sp³-hybridized carbons (Fsp3) is 0.556. The number of aliphatic carboxylic acids is 1. The normalized spacial score (nSPS) is 28.4. The van der Waals surface area contributed by atoms with Crippen molar-refractivity contribution < 1.29 is 28.2 Å². The maximum absolute atomic E-state index is 14.0. The predicted molar refractivity (Wildman–Crippen MR) is 85.1 cm³/mol. The van der Waals surface area contributed by atoms with Gasteiger partial charge in [0.25, 0.3) is 0 Å². The number of ether oxygens (including phenoxy) is 1. The zero-order chi connectivity index (χ0) is 18.6. The lowest BCUT2D eigenvalue weighted by molar-refractivity contribution is -0.184. The number of carboxylic acids is 1. The molecular weight excluding hydrogens is 332 g/mol. The zero-order valence-corrected chi connectivity index (χ0v) is 14.4. The topological polar surface area (TPSA) is 75.6 Å². The molecule has 0 saturated heterocycles. The molecule has 3 fully saturated rings. The van der Waals surface area contributed by atoms with E-state index in [1.54, 1.807) is 20.8 Å². The number of hydrogen-bond donors (Lipinski definition) is 2. The molecule has 0 heterocycles. The van der Waals surface area contributed by atoms with Gasteiger partial charge in [-0.3, -0.25) is 0 Å². The van der Waals surface area contributed by atoms with Crippen molar-refractivity contribution >= 4 is 12.1 Å². The van der Waals surface area contributed by atoms with E-state index < -0.39 is 46.2 Å². The second-order valence-corrected chi connectivity index (χ2v) is 8.21. The van der Waals surface area contributed by atoms with E-state index in [0.717, 1.165) is 12.1 Å². The summed E-state index contributed by atoms with van der Waals surface area (Å²) in [7, 11) is 0. The van der Waals surface area contributed by atoms with Gasteiger partial charge in [0.15, 0.2) is 0 Å². The predicted octanol–water partition coefficient (Wildman–Crippen LogP) is 3.36. The molecule has 1 unspecified atom stereocenters. The minimum absolute atomic E-state index is 0.288. The Morgan fingerprint density at radius 2 is 1.84 bits per heavy atom. The Morgan fingerprint density at radius 1 is 1.24 bits per heavy atom. The number of carbonyl (C=O) groups is 2. The molecule has 25 heavy (non-hydrogen) atoms. The van der Waals surface area contributed by atoms with Gasteiger partial charge in [0, 0.05) is 10.8 Å². The Kier molecular flexibility index (Phi) is 3.82. The number of nitrogens with one attached hydrogen (secondary N) is 1. The van der Waals surface area contributed by atoms with Crippen LogP contribution in [0.5, 0.6) is 0 Å². The van der Waals surface area contributed by atoms with Gasteiger partial charge >= 0.3 is 12.1 Å². The van der Waals surface area contributed by atoms with E-state index in [0.29, 0.717) is 19.3 Å². The second-order valence-electron chi connectivity index (χ2n) is 8.21. The van der Waals surface area contributed by atoms with Crippen LogP contribution in [0.15, 0.2) is 18.2 Å². The van der Waals surface area contributed by atoms with Crippen LogP contribution in [0.1, 0.15) is 45.6 Å². The molecule has 0 spiro atoms. The lowest BCUT2D eigenvalue weighted by Gasteiger charge is -2.72. The van der Waals surface area contributed by atoms with Gasteiger partial charge in [0.05, 0.1) is 0 Å². The van der Waals surface area contributed by atoms with Crippen molar-refractivity contribution in [2.24, 2.45) is 5.41 Å². The minimum Gasteiger partial charge on any atom is -0.480 e. The van der Waals surface area contributed by atoms with Crippen LogP contribution in [0.2, 0.25) is 0 Å². The minimum atomic E-state index is -1.15. The van der Waals surface area contributed by atoms with Crippen molar-refractivity contribution in [2.45, 2.75) is 57.1 Å². The first-order valence-electron chi connectivity index (χ1n) is 8.14. The molecule has 136 valence electrons. The molecule has 3 aliphatic carbocycles. The van der Waals surface area contributed by atoms with Crippen molar-refractivity contribution in [3.63, 3.8) is 0 Å². The summed E-state index contributed by atoms with van der Waals surface area (Å²) in [4.78, 5) is 23.5. The van der Waals surface area contributed by atoms with Crippen molar-refractivity contribution in [3.8, 4) is 0 Å². The van der Waals surface area contributed by atoms with Crippen LogP contribution >= 0.6 is 0 Å². The maximum Gasteiger partial charge on any atom is 0.408 e. The lowest BCUT2D eigenvalue weighted by atomic mass is 9.31. The fourth-order valence-corrected chi connectivity index (χ4v) is 4.26. The van der Waals surface area contributed by atoms with Crippen LogP contribution in [0.3, 0.4) is 0 Å². The van der Waals surface area contributed by atoms with Gasteiger partial charge in [-0.15, -0.1) is 0 Å². The lowest BCUT2D eigenvalue weighted by Crippen LogP contribution is -2.73. The zero-order valence-electron chi connectivity index (χ0n) is 14.4.